The van der Waals surface area contributed by atoms with Gasteiger partial charge in [0.2, 0.25) is 0 Å². The number of nitrogens with zero attached hydrogens (tertiary/aromatic N) is 2. The molecule has 0 fully saturated rings. The van der Waals surface area contributed by atoms with E-state index in [1.165, 1.54) is 0 Å². The number of carbonyl (C=O) groups excluding carboxylic acids is 1. The number of nitrogens with one attached hydrogen (secondary N) is 2. The van der Waals surface area contributed by atoms with Gasteiger partial charge in [-0.15, -0.1) is 0 Å². The molecular formula is C35H34N4O3. The highest BCUT2D eigenvalue weighted by Gasteiger charge is 2.57. The Hall–Kier alpha value is -5.04. The van der Waals surface area contributed by atoms with E-state index in [0.29, 0.717) is 22.6 Å². The molecule has 2 aliphatic heterocycles. The zero-order valence-electron chi connectivity index (χ0n) is 24.2. The van der Waals surface area contributed by atoms with Crippen LogP contribution in [0.5, 0.6) is 17.2 Å². The second-order valence-corrected chi connectivity index (χ2v) is 10.5. The van der Waals surface area contributed by atoms with Crippen molar-refractivity contribution in [2.24, 2.45) is 5.10 Å². The third kappa shape index (κ3) is 4.20. The topological polar surface area (TPSA) is 86.2 Å². The number of ether oxygens (including phenoxy) is 1. The summed E-state index contributed by atoms with van der Waals surface area (Å²) >= 11 is 0. The minimum atomic E-state index is -1.05. The van der Waals surface area contributed by atoms with Crippen molar-refractivity contribution in [1.82, 2.24) is 5.01 Å². The second-order valence-electron chi connectivity index (χ2n) is 10.5. The van der Waals surface area contributed by atoms with Gasteiger partial charge in [0.15, 0.2) is 0 Å². The first kappa shape index (κ1) is 27.1. The molecule has 4 aromatic rings. The Morgan fingerprint density at radius 1 is 0.857 bits per heavy atom. The Bertz CT molecular complexity index is 1700. The Kier molecular flexibility index (Phi) is 6.94. The fraction of sp³-hybridized carbons (Fsp3) is 0.200. The molecule has 212 valence electrons. The lowest BCUT2D eigenvalue weighted by atomic mass is 9.74. The minimum Gasteiger partial charge on any atom is -0.507 e. The van der Waals surface area contributed by atoms with Crippen LogP contribution in [0, 0.1) is 13.8 Å². The summed E-state index contributed by atoms with van der Waals surface area (Å²) in [6, 6.07) is 23.1. The number of hydrazone groups is 1. The third-order valence-electron chi connectivity index (χ3n) is 7.93. The lowest BCUT2D eigenvalue weighted by Crippen LogP contribution is -2.44. The summed E-state index contributed by atoms with van der Waals surface area (Å²) in [5, 5.41) is 23.5. The highest BCUT2D eigenvalue weighted by Crippen LogP contribution is 2.58. The number of benzene rings is 4. The number of allylic oxidation sites excluding steroid dienone is 1. The molecule has 0 saturated heterocycles. The van der Waals surface area contributed by atoms with E-state index in [1.54, 1.807) is 35.5 Å². The maximum Gasteiger partial charge on any atom is 0.275 e. The van der Waals surface area contributed by atoms with Crippen molar-refractivity contribution in [3.05, 3.63) is 118 Å². The quantitative estimate of drug-likeness (QED) is 0.206. The number of hydrogen-bond donors (Lipinski definition) is 3. The normalized spacial score (nSPS) is 14.7. The number of aryl methyl sites for hydroxylation is 2. The number of aromatic hydroxyl groups is 1. The molecule has 0 aliphatic carbocycles. The van der Waals surface area contributed by atoms with E-state index in [2.05, 4.69) is 50.5 Å². The Balaban J connectivity index is 1.61. The highest BCUT2D eigenvalue weighted by molar-refractivity contribution is 6.03. The zero-order valence-corrected chi connectivity index (χ0v) is 24.2. The molecule has 0 saturated carbocycles. The summed E-state index contributed by atoms with van der Waals surface area (Å²) in [6.07, 6.45) is 5.11. The van der Waals surface area contributed by atoms with Crippen LogP contribution in [0.3, 0.4) is 0 Å². The molecule has 7 nitrogen and oxygen atoms in total. The van der Waals surface area contributed by atoms with Gasteiger partial charge in [0.1, 0.15) is 22.8 Å². The van der Waals surface area contributed by atoms with E-state index in [9.17, 15) is 9.90 Å². The third-order valence-corrected chi connectivity index (χ3v) is 7.93. The maximum absolute atomic E-state index is 14.2. The Morgan fingerprint density at radius 2 is 1.45 bits per heavy atom. The predicted molar refractivity (Wildman–Crippen MR) is 169 cm³/mol. The van der Waals surface area contributed by atoms with Crippen molar-refractivity contribution in [1.29, 1.82) is 0 Å². The van der Waals surface area contributed by atoms with Crippen LogP contribution in [0.25, 0.3) is 6.08 Å². The van der Waals surface area contributed by atoms with E-state index in [-0.39, 0.29) is 11.7 Å². The first-order chi connectivity index (χ1) is 20.4. The molecule has 0 unspecified atom stereocenters. The van der Waals surface area contributed by atoms with E-state index >= 15 is 0 Å². The summed E-state index contributed by atoms with van der Waals surface area (Å²) in [5.74, 6) is 1.32. The fourth-order valence-corrected chi connectivity index (χ4v) is 6.04. The molecule has 1 amide bonds. The van der Waals surface area contributed by atoms with Gasteiger partial charge in [-0.3, -0.25) is 4.79 Å². The molecule has 42 heavy (non-hydrogen) atoms. The number of phenols is 1. The molecule has 4 aromatic carbocycles. The van der Waals surface area contributed by atoms with Crippen molar-refractivity contribution in [2.75, 3.05) is 23.7 Å². The van der Waals surface area contributed by atoms with Crippen molar-refractivity contribution in [3.8, 4) is 17.2 Å². The number of rotatable bonds is 7. The summed E-state index contributed by atoms with van der Waals surface area (Å²) < 4.78 is 6.63. The second kappa shape index (κ2) is 10.7. The van der Waals surface area contributed by atoms with Gasteiger partial charge < -0.3 is 20.5 Å². The number of anilines is 2. The van der Waals surface area contributed by atoms with Crippen molar-refractivity contribution < 1.29 is 14.6 Å². The van der Waals surface area contributed by atoms with Crippen LogP contribution in [0.15, 0.2) is 84.0 Å². The monoisotopic (exact) mass is 558 g/mol. The molecule has 0 radical (unpaired) electrons. The van der Waals surface area contributed by atoms with E-state index in [4.69, 9.17) is 9.84 Å². The van der Waals surface area contributed by atoms with Gasteiger partial charge in [-0.05, 0) is 75.2 Å². The van der Waals surface area contributed by atoms with Crippen LogP contribution in [0.4, 0.5) is 11.4 Å². The van der Waals surface area contributed by atoms with Crippen molar-refractivity contribution in [2.45, 2.75) is 33.2 Å². The number of fused-ring (bicyclic) bond motifs is 6. The number of para-hydroxylation sites is 1. The number of hydrogen-bond acceptors (Lipinski definition) is 6. The molecular weight excluding hydrogens is 524 g/mol. The van der Waals surface area contributed by atoms with E-state index < -0.39 is 5.54 Å². The van der Waals surface area contributed by atoms with Crippen LogP contribution in [0.2, 0.25) is 0 Å². The summed E-state index contributed by atoms with van der Waals surface area (Å²) in [4.78, 5) is 14.2. The first-order valence-electron chi connectivity index (χ1n) is 14.3. The molecule has 1 spiro atoms. The van der Waals surface area contributed by atoms with Crippen LogP contribution >= 0.6 is 0 Å². The fourth-order valence-electron chi connectivity index (χ4n) is 6.04. The largest absolute Gasteiger partial charge is 0.507 e. The van der Waals surface area contributed by atoms with Gasteiger partial charge in [0, 0.05) is 70.6 Å². The van der Waals surface area contributed by atoms with Crippen LogP contribution < -0.4 is 15.4 Å². The molecule has 0 atom stereocenters. The van der Waals surface area contributed by atoms with Gasteiger partial charge >= 0.3 is 0 Å². The van der Waals surface area contributed by atoms with E-state index in [0.717, 1.165) is 52.3 Å². The first-order valence-corrected chi connectivity index (χ1v) is 14.3. The Morgan fingerprint density at radius 3 is 2.07 bits per heavy atom. The van der Waals surface area contributed by atoms with Crippen molar-refractivity contribution >= 4 is 29.6 Å². The minimum absolute atomic E-state index is 0.175. The molecule has 2 heterocycles. The van der Waals surface area contributed by atoms with Crippen LogP contribution in [-0.2, 0) is 5.54 Å². The molecule has 0 aromatic heterocycles. The van der Waals surface area contributed by atoms with Gasteiger partial charge in [-0.2, -0.15) is 5.10 Å². The smallest absolute Gasteiger partial charge is 0.275 e. The molecule has 6 rings (SSSR count). The number of amides is 1. The van der Waals surface area contributed by atoms with Crippen LogP contribution in [0.1, 0.15) is 57.6 Å². The molecule has 2 aliphatic rings. The summed E-state index contributed by atoms with van der Waals surface area (Å²) in [7, 11) is 0. The maximum atomic E-state index is 14.2. The van der Waals surface area contributed by atoms with Gasteiger partial charge in [0.05, 0.1) is 0 Å². The predicted octanol–water partition coefficient (Wildman–Crippen LogP) is 7.43. The summed E-state index contributed by atoms with van der Waals surface area (Å²) in [5.41, 5.74) is 6.81. The molecule has 7 heteroatoms. The lowest BCUT2D eigenvalue weighted by Gasteiger charge is -2.42. The average Bonchev–Trinajstić information content (AvgIpc) is 3.22. The SMILES string of the molecule is CCNc1cc2c(cc1C)C1(c3cc(C)c(NCC)cc3O2)c2ccccc2C(=O)N1/N=C/C=C/c1ccccc1O. The molecule has 0 bridgehead atoms. The van der Waals surface area contributed by atoms with Gasteiger partial charge in [-0.25, -0.2) is 5.01 Å². The number of phenolic OH excluding ortho intramolecular Hbond substituents is 1. The van der Waals surface area contributed by atoms with Crippen LogP contribution in [-0.4, -0.2) is 35.3 Å². The molecule has 3 N–H and O–H groups in total. The summed E-state index contributed by atoms with van der Waals surface area (Å²) in [6.45, 7) is 9.79. The van der Waals surface area contributed by atoms with E-state index in [1.807, 2.05) is 48.5 Å². The van der Waals surface area contributed by atoms with Crippen molar-refractivity contribution in [3.63, 3.8) is 0 Å². The highest BCUT2D eigenvalue weighted by atomic mass is 16.5. The number of carbonyl (C=O) groups is 1. The standard InChI is InChI=1S/C35H34N4O3/c1-5-36-29-20-32-27(18-22(29)3)35(28-19-23(4)30(37-6-2)21-33(28)42-32)26-15-9-8-14-25(26)34(41)39(35)38-17-11-13-24-12-7-10-16-31(24)40/h7-21,36-37,40H,5-6H2,1-4H3/b13-11+,38-17+. The van der Waals surface area contributed by atoms with Gasteiger partial charge in [0.25, 0.3) is 5.91 Å². The van der Waals surface area contributed by atoms with Gasteiger partial charge in [-0.1, -0.05) is 36.4 Å². The Labute approximate surface area is 246 Å². The lowest BCUT2D eigenvalue weighted by molar-refractivity contribution is 0.0675. The average molecular weight is 559 g/mol. The zero-order chi connectivity index (χ0) is 29.4.